The zero-order valence-corrected chi connectivity index (χ0v) is 23.6. The summed E-state index contributed by atoms with van der Waals surface area (Å²) < 4.78 is 11.1. The number of ether oxygens (including phenoxy) is 1. The molecule has 6 aromatic carbocycles. The Kier molecular flexibility index (Phi) is 4.57. The van der Waals surface area contributed by atoms with E-state index in [-0.39, 0.29) is 0 Å². The SMILES string of the molecule is c1ccc2c(c1)Oc1cccc3nc(-n4c5ccccc5c5ccc(-c6ccc7sc8ccccc8c7c6)cc54)nc-2c13. The average Bonchev–Trinajstić information content (AvgIpc) is 3.60. The van der Waals surface area contributed by atoms with Gasteiger partial charge in [0.1, 0.15) is 11.5 Å². The van der Waals surface area contributed by atoms with Crippen LogP contribution in [0.25, 0.3) is 81.2 Å². The summed E-state index contributed by atoms with van der Waals surface area (Å²) in [5.41, 5.74) is 7.26. The maximum atomic E-state index is 6.25. The lowest BCUT2D eigenvalue weighted by Crippen LogP contribution is -2.06. The molecule has 0 amide bonds. The molecule has 9 aromatic rings. The van der Waals surface area contributed by atoms with Crippen LogP contribution in [0, 0.1) is 0 Å². The van der Waals surface area contributed by atoms with E-state index in [9.17, 15) is 0 Å². The molecule has 200 valence electrons. The van der Waals surface area contributed by atoms with Gasteiger partial charge >= 0.3 is 0 Å². The summed E-state index contributed by atoms with van der Waals surface area (Å²) in [4.78, 5) is 10.4. The monoisotopic (exact) mass is 567 g/mol. The first-order valence-electron chi connectivity index (χ1n) is 14.3. The van der Waals surface area contributed by atoms with Gasteiger partial charge < -0.3 is 4.74 Å². The quantitative estimate of drug-likeness (QED) is 0.209. The number of nitrogens with zero attached hydrogens (tertiary/aromatic N) is 3. The molecular weight excluding hydrogens is 547 g/mol. The molecule has 0 bridgehead atoms. The van der Waals surface area contributed by atoms with Crippen molar-refractivity contribution in [3.8, 4) is 39.8 Å². The third kappa shape index (κ3) is 3.25. The molecule has 4 nitrogen and oxygen atoms in total. The normalized spacial score (nSPS) is 12.4. The fourth-order valence-corrected chi connectivity index (χ4v) is 7.75. The molecule has 0 saturated carbocycles. The Morgan fingerprint density at radius 1 is 0.535 bits per heavy atom. The molecule has 0 unspecified atom stereocenters. The van der Waals surface area contributed by atoms with Crippen LogP contribution in [-0.4, -0.2) is 14.5 Å². The lowest BCUT2D eigenvalue weighted by Gasteiger charge is -2.21. The molecule has 1 aliphatic rings. The summed E-state index contributed by atoms with van der Waals surface area (Å²) in [5.74, 6) is 2.26. The van der Waals surface area contributed by atoms with Crippen LogP contribution in [0.5, 0.6) is 11.5 Å². The van der Waals surface area contributed by atoms with Gasteiger partial charge in [-0.3, -0.25) is 4.57 Å². The number of fused-ring (bicyclic) bond motifs is 8. The van der Waals surface area contributed by atoms with Crippen molar-refractivity contribution in [3.63, 3.8) is 0 Å². The first-order chi connectivity index (χ1) is 21.3. The molecule has 0 N–H and O–H groups in total. The maximum Gasteiger partial charge on any atom is 0.235 e. The molecule has 0 spiro atoms. The molecule has 0 atom stereocenters. The van der Waals surface area contributed by atoms with Crippen LogP contribution in [0.15, 0.2) is 127 Å². The molecule has 4 heterocycles. The minimum Gasteiger partial charge on any atom is -0.456 e. The third-order valence-electron chi connectivity index (χ3n) is 8.62. The maximum absolute atomic E-state index is 6.25. The molecule has 0 aliphatic carbocycles. The highest BCUT2D eigenvalue weighted by molar-refractivity contribution is 7.25. The number of benzene rings is 6. The Morgan fingerprint density at radius 2 is 1.28 bits per heavy atom. The van der Waals surface area contributed by atoms with Crippen LogP contribution < -0.4 is 4.74 Å². The van der Waals surface area contributed by atoms with Crippen molar-refractivity contribution in [3.05, 3.63) is 127 Å². The van der Waals surface area contributed by atoms with Gasteiger partial charge in [0, 0.05) is 36.5 Å². The zero-order chi connectivity index (χ0) is 28.1. The topological polar surface area (TPSA) is 39.9 Å². The van der Waals surface area contributed by atoms with E-state index < -0.39 is 0 Å². The van der Waals surface area contributed by atoms with E-state index in [2.05, 4.69) is 95.6 Å². The average molecular weight is 568 g/mol. The van der Waals surface area contributed by atoms with Gasteiger partial charge in [0.2, 0.25) is 5.95 Å². The summed E-state index contributed by atoms with van der Waals surface area (Å²) in [6.07, 6.45) is 0. The second-order valence-corrected chi connectivity index (χ2v) is 12.1. The first-order valence-corrected chi connectivity index (χ1v) is 15.2. The standard InChI is InChI=1S/C38H21N3OS/c1-4-12-30-24(8-1)25-18-16-23(22-17-19-35-28(20-22)26-9-3-6-15-34(26)43-35)21-31(25)41(30)38-39-29-11-7-14-33-36(29)37(40-38)27-10-2-5-13-32(27)42-33/h1-21H. The van der Waals surface area contributed by atoms with Crippen molar-refractivity contribution in [1.29, 1.82) is 0 Å². The molecule has 5 heteroatoms. The second-order valence-electron chi connectivity index (χ2n) is 11.0. The number of rotatable bonds is 2. The lowest BCUT2D eigenvalue weighted by molar-refractivity contribution is 0.486. The number of thiophene rings is 1. The Morgan fingerprint density at radius 3 is 2.26 bits per heavy atom. The molecule has 0 fully saturated rings. The fourth-order valence-electron chi connectivity index (χ4n) is 6.66. The van der Waals surface area contributed by atoms with Crippen LogP contribution in [0.3, 0.4) is 0 Å². The summed E-state index contributed by atoms with van der Waals surface area (Å²) in [5, 5.41) is 5.91. The largest absolute Gasteiger partial charge is 0.456 e. The van der Waals surface area contributed by atoms with Gasteiger partial charge in [-0.15, -0.1) is 11.3 Å². The first kappa shape index (κ1) is 23.1. The highest BCUT2D eigenvalue weighted by atomic mass is 32.1. The van der Waals surface area contributed by atoms with E-state index in [1.165, 1.54) is 36.5 Å². The van der Waals surface area contributed by atoms with Gasteiger partial charge in [-0.05, 0) is 65.7 Å². The van der Waals surface area contributed by atoms with Gasteiger partial charge in [0.15, 0.2) is 0 Å². The third-order valence-corrected chi connectivity index (χ3v) is 9.77. The minimum atomic E-state index is 0.652. The highest BCUT2D eigenvalue weighted by Gasteiger charge is 2.24. The molecule has 0 saturated heterocycles. The molecular formula is C38H21N3OS. The van der Waals surface area contributed by atoms with E-state index in [4.69, 9.17) is 14.7 Å². The lowest BCUT2D eigenvalue weighted by atomic mass is 10.0. The van der Waals surface area contributed by atoms with Crippen LogP contribution in [0.1, 0.15) is 0 Å². The van der Waals surface area contributed by atoms with Gasteiger partial charge in [0.05, 0.1) is 27.6 Å². The van der Waals surface area contributed by atoms with E-state index in [0.717, 1.165) is 50.3 Å². The summed E-state index contributed by atoms with van der Waals surface area (Å²) in [7, 11) is 0. The highest BCUT2D eigenvalue weighted by Crippen LogP contribution is 2.46. The van der Waals surface area contributed by atoms with Crippen molar-refractivity contribution in [2.24, 2.45) is 0 Å². The van der Waals surface area contributed by atoms with E-state index in [1.54, 1.807) is 0 Å². The molecule has 1 aliphatic heterocycles. The summed E-state index contributed by atoms with van der Waals surface area (Å²) >= 11 is 1.85. The van der Waals surface area contributed by atoms with Crippen molar-refractivity contribution >= 4 is 64.2 Å². The van der Waals surface area contributed by atoms with Crippen molar-refractivity contribution in [2.75, 3.05) is 0 Å². The van der Waals surface area contributed by atoms with Crippen LogP contribution in [-0.2, 0) is 0 Å². The van der Waals surface area contributed by atoms with Crippen molar-refractivity contribution in [2.45, 2.75) is 0 Å². The van der Waals surface area contributed by atoms with E-state index in [0.29, 0.717) is 5.95 Å². The Labute approximate surface area is 250 Å². The van der Waals surface area contributed by atoms with Crippen LogP contribution in [0.4, 0.5) is 0 Å². The van der Waals surface area contributed by atoms with Crippen molar-refractivity contribution in [1.82, 2.24) is 14.5 Å². The molecule has 10 rings (SSSR count). The fraction of sp³-hybridized carbons (Fsp3) is 0. The predicted octanol–water partition coefficient (Wildman–Crippen LogP) is 10.5. The van der Waals surface area contributed by atoms with E-state index in [1.807, 2.05) is 47.7 Å². The van der Waals surface area contributed by atoms with Gasteiger partial charge in [-0.25, -0.2) is 9.97 Å². The van der Waals surface area contributed by atoms with Gasteiger partial charge in [0.25, 0.3) is 0 Å². The zero-order valence-electron chi connectivity index (χ0n) is 22.8. The number of hydrogen-bond acceptors (Lipinski definition) is 4. The Balaban J connectivity index is 1.25. The molecule has 43 heavy (non-hydrogen) atoms. The van der Waals surface area contributed by atoms with Crippen molar-refractivity contribution < 1.29 is 4.74 Å². The number of para-hydroxylation sites is 2. The number of hydrogen-bond donors (Lipinski definition) is 0. The predicted molar refractivity (Wildman–Crippen MR) is 178 cm³/mol. The minimum absolute atomic E-state index is 0.652. The van der Waals surface area contributed by atoms with Gasteiger partial charge in [-0.1, -0.05) is 72.8 Å². The Bertz CT molecular complexity index is 2610. The van der Waals surface area contributed by atoms with Gasteiger partial charge in [-0.2, -0.15) is 0 Å². The summed E-state index contributed by atoms with van der Waals surface area (Å²) in [6.45, 7) is 0. The summed E-state index contributed by atoms with van der Waals surface area (Å²) in [6, 6.07) is 44.9. The number of aromatic nitrogens is 3. The molecule has 0 radical (unpaired) electrons. The smallest absolute Gasteiger partial charge is 0.235 e. The van der Waals surface area contributed by atoms with Crippen LogP contribution >= 0.6 is 11.3 Å². The van der Waals surface area contributed by atoms with Crippen LogP contribution in [0.2, 0.25) is 0 Å². The second kappa shape index (κ2) is 8.51. The van der Waals surface area contributed by atoms with E-state index >= 15 is 0 Å². The molecule has 3 aromatic heterocycles. The Hall–Kier alpha value is -5.52.